The number of benzene rings is 3. The minimum Gasteiger partial charge on any atom is -0.489 e. The van der Waals surface area contributed by atoms with Crippen molar-refractivity contribution in [2.24, 2.45) is 0 Å². The Balaban J connectivity index is 1.68. The average Bonchev–Trinajstić information content (AvgIpc) is 2.78. The van der Waals surface area contributed by atoms with Crippen molar-refractivity contribution in [2.45, 2.75) is 6.61 Å². The molecule has 31 heavy (non-hydrogen) atoms. The van der Waals surface area contributed by atoms with E-state index in [0.717, 1.165) is 5.56 Å². The number of rotatable bonds is 7. The highest BCUT2D eigenvalue weighted by Gasteiger charge is 2.10. The molecule has 0 radical (unpaired) electrons. The third-order valence-electron chi connectivity index (χ3n) is 4.24. The SMILES string of the molecule is N#C/C(=C/c1cccc(OCc2ccc(C(=O)O)cc2)c1)C(=O)Nc1ccc(F)cc1. The van der Waals surface area contributed by atoms with E-state index in [1.54, 1.807) is 36.4 Å². The lowest BCUT2D eigenvalue weighted by atomic mass is 10.1. The van der Waals surface area contributed by atoms with Crippen LogP contribution in [0.25, 0.3) is 6.08 Å². The van der Waals surface area contributed by atoms with Crippen LogP contribution in [0, 0.1) is 17.1 Å². The van der Waals surface area contributed by atoms with Crippen molar-refractivity contribution in [2.75, 3.05) is 5.32 Å². The number of hydrogen-bond donors (Lipinski definition) is 2. The zero-order valence-corrected chi connectivity index (χ0v) is 16.2. The molecule has 154 valence electrons. The van der Waals surface area contributed by atoms with E-state index in [9.17, 15) is 19.2 Å². The smallest absolute Gasteiger partial charge is 0.335 e. The standard InChI is InChI=1S/C24H17FN2O4/c25-20-8-10-21(11-9-20)27-23(28)19(14-26)12-17-2-1-3-22(13-17)31-15-16-4-6-18(7-5-16)24(29)30/h1-13H,15H2,(H,27,28)(H,29,30)/b19-12-. The number of carboxylic acids is 1. The molecule has 0 aliphatic rings. The third kappa shape index (κ3) is 6.02. The summed E-state index contributed by atoms with van der Waals surface area (Å²) in [6.45, 7) is 0.225. The number of aromatic carboxylic acids is 1. The van der Waals surface area contributed by atoms with Gasteiger partial charge >= 0.3 is 5.97 Å². The van der Waals surface area contributed by atoms with Gasteiger partial charge in [-0.15, -0.1) is 0 Å². The fourth-order valence-electron chi connectivity index (χ4n) is 2.65. The molecule has 0 unspecified atom stereocenters. The van der Waals surface area contributed by atoms with Gasteiger partial charge < -0.3 is 15.2 Å². The second-order valence-corrected chi connectivity index (χ2v) is 6.49. The first-order valence-electron chi connectivity index (χ1n) is 9.18. The molecule has 0 spiro atoms. The number of hydrogen-bond acceptors (Lipinski definition) is 4. The first-order chi connectivity index (χ1) is 14.9. The van der Waals surface area contributed by atoms with Gasteiger partial charge in [0.05, 0.1) is 5.56 Å². The van der Waals surface area contributed by atoms with Crippen molar-refractivity contribution >= 4 is 23.6 Å². The summed E-state index contributed by atoms with van der Waals surface area (Å²) in [7, 11) is 0. The molecular weight excluding hydrogens is 399 g/mol. The molecule has 0 atom stereocenters. The summed E-state index contributed by atoms with van der Waals surface area (Å²) in [4.78, 5) is 23.2. The number of ether oxygens (including phenoxy) is 1. The van der Waals surface area contributed by atoms with E-state index in [-0.39, 0.29) is 17.7 Å². The third-order valence-corrected chi connectivity index (χ3v) is 4.24. The quantitative estimate of drug-likeness (QED) is 0.431. The van der Waals surface area contributed by atoms with Crippen molar-refractivity contribution in [3.05, 3.63) is 101 Å². The normalized spacial score (nSPS) is 10.8. The molecule has 0 bridgehead atoms. The van der Waals surface area contributed by atoms with Crippen LogP contribution in [0.5, 0.6) is 5.75 Å². The largest absolute Gasteiger partial charge is 0.489 e. The fourth-order valence-corrected chi connectivity index (χ4v) is 2.65. The Kier molecular flexibility index (Phi) is 6.76. The Morgan fingerprint density at radius 1 is 1.06 bits per heavy atom. The molecule has 0 aliphatic carbocycles. The van der Waals surface area contributed by atoms with Gasteiger partial charge in [0, 0.05) is 5.69 Å². The fraction of sp³-hybridized carbons (Fsp3) is 0.0417. The number of amides is 1. The Bertz CT molecular complexity index is 1160. The number of nitrogens with one attached hydrogen (secondary N) is 1. The lowest BCUT2D eigenvalue weighted by Crippen LogP contribution is -2.13. The molecule has 6 nitrogen and oxygen atoms in total. The van der Waals surface area contributed by atoms with Gasteiger partial charge in [0.2, 0.25) is 0 Å². The maximum Gasteiger partial charge on any atom is 0.335 e. The molecule has 0 aromatic heterocycles. The van der Waals surface area contributed by atoms with Gasteiger partial charge in [-0.25, -0.2) is 9.18 Å². The van der Waals surface area contributed by atoms with Crippen LogP contribution < -0.4 is 10.1 Å². The van der Waals surface area contributed by atoms with Crippen LogP contribution in [0.4, 0.5) is 10.1 Å². The summed E-state index contributed by atoms with van der Waals surface area (Å²) in [5.41, 5.74) is 1.83. The van der Waals surface area contributed by atoms with E-state index in [2.05, 4.69) is 5.32 Å². The van der Waals surface area contributed by atoms with Crippen LogP contribution in [-0.4, -0.2) is 17.0 Å². The van der Waals surface area contributed by atoms with E-state index < -0.39 is 17.7 Å². The van der Waals surface area contributed by atoms with Gasteiger partial charge in [-0.1, -0.05) is 24.3 Å². The number of carbonyl (C=O) groups is 2. The molecule has 0 saturated carbocycles. The highest BCUT2D eigenvalue weighted by Crippen LogP contribution is 2.18. The van der Waals surface area contributed by atoms with E-state index in [0.29, 0.717) is 17.0 Å². The number of carboxylic acid groups (broad SMARTS) is 1. The van der Waals surface area contributed by atoms with Crippen molar-refractivity contribution in [3.8, 4) is 11.8 Å². The van der Waals surface area contributed by atoms with E-state index in [1.807, 2.05) is 6.07 Å². The van der Waals surface area contributed by atoms with Gasteiger partial charge in [0.25, 0.3) is 5.91 Å². The zero-order chi connectivity index (χ0) is 22.2. The number of nitrogens with zero attached hydrogens (tertiary/aromatic N) is 1. The van der Waals surface area contributed by atoms with Crippen molar-refractivity contribution in [3.63, 3.8) is 0 Å². The molecule has 0 saturated heterocycles. The van der Waals surface area contributed by atoms with Gasteiger partial charge in [0.1, 0.15) is 29.8 Å². The molecule has 0 aliphatic heterocycles. The monoisotopic (exact) mass is 416 g/mol. The van der Waals surface area contributed by atoms with E-state index >= 15 is 0 Å². The topological polar surface area (TPSA) is 99.4 Å². The van der Waals surface area contributed by atoms with Crippen LogP contribution >= 0.6 is 0 Å². The summed E-state index contributed by atoms with van der Waals surface area (Å²) in [5, 5.41) is 20.8. The molecule has 1 amide bonds. The first-order valence-corrected chi connectivity index (χ1v) is 9.18. The second kappa shape index (κ2) is 9.85. The molecule has 0 heterocycles. The van der Waals surface area contributed by atoms with Gasteiger partial charge in [-0.2, -0.15) is 5.26 Å². The predicted molar refractivity (Wildman–Crippen MR) is 113 cm³/mol. The lowest BCUT2D eigenvalue weighted by Gasteiger charge is -2.08. The van der Waals surface area contributed by atoms with E-state index in [4.69, 9.17) is 9.84 Å². The maximum atomic E-state index is 13.0. The second-order valence-electron chi connectivity index (χ2n) is 6.49. The van der Waals surface area contributed by atoms with Crippen LogP contribution in [0.1, 0.15) is 21.5 Å². The van der Waals surface area contributed by atoms with Crippen molar-refractivity contribution in [1.29, 1.82) is 5.26 Å². The number of anilines is 1. The van der Waals surface area contributed by atoms with Crippen molar-refractivity contribution < 1.29 is 23.8 Å². The molecule has 3 aromatic rings. The Morgan fingerprint density at radius 3 is 2.42 bits per heavy atom. The molecule has 7 heteroatoms. The minimum atomic E-state index is -0.997. The number of halogens is 1. The summed E-state index contributed by atoms with van der Waals surface area (Å²) >= 11 is 0. The zero-order valence-electron chi connectivity index (χ0n) is 16.2. The van der Waals surface area contributed by atoms with Crippen LogP contribution in [0.15, 0.2) is 78.4 Å². The van der Waals surface area contributed by atoms with Gasteiger partial charge in [-0.05, 0) is 65.7 Å². The summed E-state index contributed by atoms with van der Waals surface area (Å²) in [5.74, 6) is -1.52. The van der Waals surface area contributed by atoms with Gasteiger partial charge in [0.15, 0.2) is 0 Å². The number of carbonyl (C=O) groups excluding carboxylic acids is 1. The highest BCUT2D eigenvalue weighted by molar-refractivity contribution is 6.09. The lowest BCUT2D eigenvalue weighted by molar-refractivity contribution is -0.112. The van der Waals surface area contributed by atoms with Crippen LogP contribution in [0.3, 0.4) is 0 Å². The highest BCUT2D eigenvalue weighted by atomic mass is 19.1. The molecule has 2 N–H and O–H groups in total. The average molecular weight is 416 g/mol. The van der Waals surface area contributed by atoms with Crippen LogP contribution in [-0.2, 0) is 11.4 Å². The van der Waals surface area contributed by atoms with Crippen LogP contribution in [0.2, 0.25) is 0 Å². The molecule has 3 aromatic carbocycles. The summed E-state index contributed by atoms with van der Waals surface area (Å²) < 4.78 is 18.7. The van der Waals surface area contributed by atoms with Gasteiger partial charge in [-0.3, -0.25) is 4.79 Å². The predicted octanol–water partition coefficient (Wildman–Crippen LogP) is 4.65. The maximum absolute atomic E-state index is 13.0. The molecule has 3 rings (SSSR count). The summed E-state index contributed by atoms with van der Waals surface area (Å²) in [6, 6.07) is 20.3. The Labute approximate surface area is 177 Å². The van der Waals surface area contributed by atoms with Crippen molar-refractivity contribution in [1.82, 2.24) is 0 Å². The summed E-state index contributed by atoms with van der Waals surface area (Å²) in [6.07, 6.45) is 1.42. The Morgan fingerprint density at radius 2 is 1.77 bits per heavy atom. The molecule has 0 fully saturated rings. The Hall–Kier alpha value is -4.44. The minimum absolute atomic E-state index is 0.120. The number of nitriles is 1. The first kappa shape index (κ1) is 21.3. The van der Waals surface area contributed by atoms with E-state index in [1.165, 1.54) is 42.5 Å². The molecular formula is C24H17FN2O4.